The molecule has 11 heavy (non-hydrogen) atoms. The van der Waals surface area contributed by atoms with E-state index in [0.29, 0.717) is 4.48 Å². The summed E-state index contributed by atoms with van der Waals surface area (Å²) in [4.78, 5) is 0. The highest BCUT2D eigenvalue weighted by molar-refractivity contribution is 4.69. The lowest BCUT2D eigenvalue weighted by atomic mass is 10.4. The summed E-state index contributed by atoms with van der Waals surface area (Å²) in [6.07, 6.45) is 5.35. The van der Waals surface area contributed by atoms with Crippen LogP contribution in [0.25, 0.3) is 0 Å². The molecule has 0 atom stereocenters. The number of nitrogens with zero attached hydrogens (tertiary/aromatic N) is 2. The highest BCUT2D eigenvalue weighted by Gasteiger charge is 2.17. The summed E-state index contributed by atoms with van der Waals surface area (Å²) in [5, 5.41) is 0. The number of rotatable bonds is 3. The molecular weight excluding hydrogens is 136 g/mol. The summed E-state index contributed by atoms with van der Waals surface area (Å²) in [5.74, 6) is 0. The Labute approximate surface area is 70.6 Å². The minimum atomic E-state index is 0.662. The second-order valence-electron chi connectivity index (χ2n) is 4.55. The summed E-state index contributed by atoms with van der Waals surface area (Å²) < 4.78 is 1.64. The van der Waals surface area contributed by atoms with Gasteiger partial charge in [0.2, 0.25) is 0 Å². The molecule has 0 aliphatic rings. The van der Waals surface area contributed by atoms with Crippen LogP contribution in [0.2, 0.25) is 0 Å². The van der Waals surface area contributed by atoms with Crippen LogP contribution < -0.4 is 0 Å². The highest BCUT2D eigenvalue weighted by atomic mass is 15.3. The van der Waals surface area contributed by atoms with Crippen molar-refractivity contribution >= 4 is 0 Å². The summed E-state index contributed by atoms with van der Waals surface area (Å²) in [6.45, 7) is 2.14. The fraction of sp³-hybridized carbons (Fsp3) is 0.778. The molecule has 0 rings (SSSR count). The molecule has 0 fully saturated rings. The van der Waals surface area contributed by atoms with Gasteiger partial charge >= 0.3 is 0 Å². The van der Waals surface area contributed by atoms with Gasteiger partial charge in [-0.1, -0.05) is 6.42 Å². The summed E-state index contributed by atoms with van der Waals surface area (Å²) in [7, 11) is 10.6. The molecule has 0 saturated carbocycles. The number of terminal acetylenes is 1. The highest BCUT2D eigenvalue weighted by Crippen LogP contribution is 1.97. The zero-order valence-corrected chi connectivity index (χ0v) is 8.39. The minimum absolute atomic E-state index is 0.662. The maximum absolute atomic E-state index is 5.35. The van der Waals surface area contributed by atoms with Crippen LogP contribution in [0.3, 0.4) is 0 Å². The van der Waals surface area contributed by atoms with E-state index in [1.54, 1.807) is 0 Å². The van der Waals surface area contributed by atoms with Gasteiger partial charge in [0, 0.05) is 0 Å². The van der Waals surface area contributed by atoms with Crippen molar-refractivity contribution in [3.05, 3.63) is 0 Å². The standard InChI is InChI=1S/C9H20N2/c1-7-11(5,6)9-8-10(2,3)4/h1H,8-9H2,2-6H3/q+2. The Morgan fingerprint density at radius 1 is 1.00 bits per heavy atom. The number of quaternary nitrogens is 2. The molecule has 0 heterocycles. The monoisotopic (exact) mass is 156 g/mol. The van der Waals surface area contributed by atoms with E-state index in [1.165, 1.54) is 0 Å². The normalized spacial score (nSPS) is 12.7. The van der Waals surface area contributed by atoms with Crippen molar-refractivity contribution in [2.24, 2.45) is 0 Å². The van der Waals surface area contributed by atoms with Crippen LogP contribution in [0.15, 0.2) is 0 Å². The van der Waals surface area contributed by atoms with E-state index < -0.39 is 0 Å². The van der Waals surface area contributed by atoms with Crippen molar-refractivity contribution in [3.8, 4) is 12.5 Å². The number of hydrogen-bond donors (Lipinski definition) is 0. The SMILES string of the molecule is C#C[N+](C)(C)CC[N+](C)(C)C. The lowest BCUT2D eigenvalue weighted by Gasteiger charge is -2.28. The first-order valence-electron chi connectivity index (χ1n) is 3.88. The molecule has 2 heteroatoms. The summed E-state index contributed by atoms with van der Waals surface area (Å²) in [5.41, 5.74) is 0. The van der Waals surface area contributed by atoms with Gasteiger partial charge in [-0.05, 0) is 0 Å². The second kappa shape index (κ2) is 3.25. The predicted octanol–water partition coefficient (Wildman–Crippen LogP) is 0.360. The van der Waals surface area contributed by atoms with E-state index in [9.17, 15) is 0 Å². The van der Waals surface area contributed by atoms with Gasteiger partial charge in [0.1, 0.15) is 19.1 Å². The van der Waals surface area contributed by atoms with E-state index in [1.807, 2.05) is 0 Å². The van der Waals surface area contributed by atoms with Crippen LogP contribution in [0.4, 0.5) is 0 Å². The Hall–Kier alpha value is -0.520. The predicted molar refractivity (Wildman–Crippen MR) is 48.7 cm³/mol. The van der Waals surface area contributed by atoms with Crippen molar-refractivity contribution in [1.29, 1.82) is 0 Å². The molecule has 0 bridgehead atoms. The molecule has 0 aromatic rings. The molecule has 0 aliphatic heterocycles. The van der Waals surface area contributed by atoms with Crippen molar-refractivity contribution in [1.82, 2.24) is 0 Å². The van der Waals surface area contributed by atoms with Crippen molar-refractivity contribution in [2.75, 3.05) is 48.3 Å². The molecular formula is C9H20N2+2. The topological polar surface area (TPSA) is 0 Å². The van der Waals surface area contributed by atoms with E-state index in [4.69, 9.17) is 6.42 Å². The van der Waals surface area contributed by atoms with Gasteiger partial charge in [0.25, 0.3) is 0 Å². The molecule has 0 spiro atoms. The molecule has 2 nitrogen and oxygen atoms in total. The Kier molecular flexibility index (Phi) is 3.10. The van der Waals surface area contributed by atoms with Crippen LogP contribution in [0, 0.1) is 12.5 Å². The first kappa shape index (κ1) is 10.5. The van der Waals surface area contributed by atoms with Gasteiger partial charge in [-0.2, -0.15) is 0 Å². The summed E-state index contributed by atoms with van der Waals surface area (Å²) >= 11 is 0. The van der Waals surface area contributed by atoms with Gasteiger partial charge in [0.05, 0.1) is 35.2 Å². The molecule has 0 unspecified atom stereocenters. The molecule has 64 valence electrons. The fourth-order valence-corrected chi connectivity index (χ4v) is 0.615. The Bertz CT molecular complexity index is 157. The third-order valence-electron chi connectivity index (χ3n) is 1.68. The van der Waals surface area contributed by atoms with Crippen LogP contribution in [0.5, 0.6) is 0 Å². The Morgan fingerprint density at radius 3 is 1.73 bits per heavy atom. The lowest BCUT2D eigenvalue weighted by molar-refractivity contribution is -0.908. The minimum Gasteiger partial charge on any atom is -0.326 e. The fourth-order valence-electron chi connectivity index (χ4n) is 0.615. The first-order chi connectivity index (χ1) is 4.77. The number of likely N-dealkylation sites (N-methyl/N-ethyl adjacent to an activating group) is 2. The maximum Gasteiger partial charge on any atom is 0.140 e. The largest absolute Gasteiger partial charge is 0.326 e. The quantitative estimate of drug-likeness (QED) is 0.409. The number of hydrogen-bond acceptors (Lipinski definition) is 0. The third-order valence-corrected chi connectivity index (χ3v) is 1.68. The van der Waals surface area contributed by atoms with Gasteiger partial charge in [0.15, 0.2) is 0 Å². The Morgan fingerprint density at radius 2 is 1.45 bits per heavy atom. The third kappa shape index (κ3) is 5.90. The van der Waals surface area contributed by atoms with Crippen molar-refractivity contribution in [3.63, 3.8) is 0 Å². The molecule has 0 saturated heterocycles. The zero-order valence-electron chi connectivity index (χ0n) is 8.39. The van der Waals surface area contributed by atoms with E-state index in [2.05, 4.69) is 41.3 Å². The first-order valence-corrected chi connectivity index (χ1v) is 3.88. The van der Waals surface area contributed by atoms with Crippen LogP contribution in [0.1, 0.15) is 0 Å². The van der Waals surface area contributed by atoms with Crippen molar-refractivity contribution < 1.29 is 8.97 Å². The Balaban J connectivity index is 3.83. The van der Waals surface area contributed by atoms with Gasteiger partial charge in [-0.25, -0.2) is 4.48 Å². The van der Waals surface area contributed by atoms with E-state index in [0.717, 1.165) is 17.6 Å². The van der Waals surface area contributed by atoms with Crippen LogP contribution >= 0.6 is 0 Å². The van der Waals surface area contributed by atoms with Crippen molar-refractivity contribution in [2.45, 2.75) is 0 Å². The zero-order chi connectivity index (χ0) is 9.12. The molecule has 0 aliphatic carbocycles. The smallest absolute Gasteiger partial charge is 0.140 e. The molecule has 0 aromatic heterocycles. The van der Waals surface area contributed by atoms with Gasteiger partial charge in [-0.15, -0.1) is 0 Å². The molecule has 0 N–H and O–H groups in total. The molecule has 0 aromatic carbocycles. The van der Waals surface area contributed by atoms with Gasteiger partial charge < -0.3 is 4.48 Å². The average Bonchev–Trinajstić information content (AvgIpc) is 1.83. The molecule has 0 amide bonds. The lowest BCUT2D eigenvalue weighted by Crippen LogP contribution is -2.46. The van der Waals surface area contributed by atoms with E-state index >= 15 is 0 Å². The van der Waals surface area contributed by atoms with Gasteiger partial charge in [-0.3, -0.25) is 0 Å². The van der Waals surface area contributed by atoms with Crippen LogP contribution in [-0.2, 0) is 0 Å². The van der Waals surface area contributed by atoms with Crippen LogP contribution in [-0.4, -0.2) is 57.3 Å². The summed E-state index contributed by atoms with van der Waals surface area (Å²) in [6, 6.07) is 2.74. The average molecular weight is 156 g/mol. The van der Waals surface area contributed by atoms with E-state index in [-0.39, 0.29) is 0 Å². The second-order valence-corrected chi connectivity index (χ2v) is 4.55. The molecule has 0 radical (unpaired) electrons. The maximum atomic E-state index is 5.35.